The van der Waals surface area contributed by atoms with Crippen LogP contribution in [0.1, 0.15) is 10.4 Å². The second-order valence-electron chi connectivity index (χ2n) is 2.79. The lowest BCUT2D eigenvalue weighted by Gasteiger charge is -1.95. The number of fused-ring (bicyclic) bond motifs is 1. The zero-order valence-corrected chi connectivity index (χ0v) is 11.6. The summed E-state index contributed by atoms with van der Waals surface area (Å²) in [4.78, 5) is 1.26. The van der Waals surface area contributed by atoms with Gasteiger partial charge >= 0.3 is 0 Å². The predicted molar refractivity (Wildman–Crippen MR) is 71.9 cm³/mol. The average molecular weight is 378 g/mol. The minimum atomic E-state index is 0.798. The van der Waals surface area contributed by atoms with Crippen LogP contribution in [0.25, 0.3) is 10.1 Å². The molecule has 14 heavy (non-hydrogen) atoms. The third kappa shape index (κ3) is 1.69. The van der Waals surface area contributed by atoms with Gasteiger partial charge in [0.15, 0.2) is 0 Å². The van der Waals surface area contributed by atoms with Gasteiger partial charge in [-0.25, -0.2) is 0 Å². The zero-order valence-electron chi connectivity index (χ0n) is 7.05. The Hall–Kier alpha value is -0.120. The van der Waals surface area contributed by atoms with E-state index in [9.17, 15) is 0 Å². The van der Waals surface area contributed by atoms with Gasteiger partial charge in [0, 0.05) is 23.9 Å². The Labute approximate surface area is 108 Å². The van der Waals surface area contributed by atoms with Crippen molar-refractivity contribution in [1.29, 1.82) is 5.26 Å². The molecule has 2 rings (SSSR count). The molecule has 0 saturated carbocycles. The third-order valence-corrected chi connectivity index (χ3v) is 4.92. The molecule has 1 heterocycles. The Kier molecular flexibility index (Phi) is 3.10. The quantitative estimate of drug-likeness (QED) is 0.537. The summed E-state index contributed by atoms with van der Waals surface area (Å²) in [6.07, 6.45) is 0. The maximum Gasteiger partial charge on any atom is 0.101 e. The second kappa shape index (κ2) is 4.17. The molecule has 2 aromatic rings. The summed E-state index contributed by atoms with van der Waals surface area (Å²) in [5.74, 6) is 0. The first-order valence-electron chi connectivity index (χ1n) is 3.93. The minimum Gasteiger partial charge on any atom is -0.192 e. The Morgan fingerprint density at radius 2 is 2.29 bits per heavy atom. The Morgan fingerprint density at radius 1 is 1.50 bits per heavy atom. The van der Waals surface area contributed by atoms with Crippen molar-refractivity contribution in [2.45, 2.75) is 5.33 Å². The van der Waals surface area contributed by atoms with Crippen LogP contribution in [0.4, 0.5) is 0 Å². The predicted octanol–water partition coefficient (Wildman–Crippen LogP) is 4.27. The van der Waals surface area contributed by atoms with Crippen molar-refractivity contribution in [1.82, 2.24) is 0 Å². The molecule has 0 aliphatic rings. The van der Waals surface area contributed by atoms with Crippen molar-refractivity contribution in [3.05, 3.63) is 32.2 Å². The van der Waals surface area contributed by atoms with Crippen LogP contribution in [0.3, 0.4) is 0 Å². The molecule has 1 aromatic carbocycles. The molecule has 0 radical (unpaired) electrons. The molecular weight excluding hydrogens is 373 g/mol. The summed E-state index contributed by atoms with van der Waals surface area (Å²) < 4.78 is 2.22. The smallest absolute Gasteiger partial charge is 0.101 e. The molecule has 0 amide bonds. The van der Waals surface area contributed by atoms with Crippen LogP contribution in [-0.2, 0) is 5.33 Å². The number of rotatable bonds is 1. The summed E-state index contributed by atoms with van der Waals surface area (Å²) in [6, 6.07) is 8.43. The van der Waals surface area contributed by atoms with Crippen LogP contribution >= 0.6 is 49.9 Å². The summed E-state index contributed by atoms with van der Waals surface area (Å²) in [7, 11) is 0. The highest BCUT2D eigenvalue weighted by atomic mass is 127. The van der Waals surface area contributed by atoms with Gasteiger partial charge in [-0.1, -0.05) is 15.9 Å². The molecule has 0 aliphatic carbocycles. The third-order valence-electron chi connectivity index (χ3n) is 1.94. The Morgan fingerprint density at radius 3 is 2.93 bits per heavy atom. The number of nitrogens with zero attached hydrogens (tertiary/aromatic N) is 1. The van der Waals surface area contributed by atoms with E-state index >= 15 is 0 Å². The van der Waals surface area contributed by atoms with Crippen LogP contribution in [0.2, 0.25) is 0 Å². The molecule has 1 aromatic heterocycles. The van der Waals surface area contributed by atoms with Gasteiger partial charge < -0.3 is 0 Å². The summed E-state index contributed by atoms with van der Waals surface area (Å²) in [5.41, 5.74) is 0.798. The number of benzene rings is 1. The molecule has 0 atom stereocenters. The highest BCUT2D eigenvalue weighted by Crippen LogP contribution is 2.31. The first kappa shape index (κ1) is 10.4. The monoisotopic (exact) mass is 377 g/mol. The number of halogens is 2. The fraction of sp³-hybridized carbons (Fsp3) is 0.100. The molecular formula is C10H5BrINS. The number of nitriles is 1. The van der Waals surface area contributed by atoms with Crippen molar-refractivity contribution in [2.75, 3.05) is 0 Å². The van der Waals surface area contributed by atoms with Gasteiger partial charge in [-0.15, -0.1) is 11.3 Å². The largest absolute Gasteiger partial charge is 0.192 e. The second-order valence-corrected chi connectivity index (χ2v) is 5.68. The standard InChI is InChI=1S/C10H5BrINS/c11-4-6-3-7-8(5-13)9(12)1-2-10(7)14-6/h1-3H,4H2. The van der Waals surface area contributed by atoms with Gasteiger partial charge in [-0.05, 0) is 40.8 Å². The highest BCUT2D eigenvalue weighted by molar-refractivity contribution is 14.1. The van der Waals surface area contributed by atoms with Crippen molar-refractivity contribution >= 4 is 59.9 Å². The fourth-order valence-corrected chi connectivity index (χ4v) is 3.33. The first-order valence-corrected chi connectivity index (χ1v) is 6.95. The molecule has 1 nitrogen and oxygen atoms in total. The van der Waals surface area contributed by atoms with Crippen molar-refractivity contribution < 1.29 is 0 Å². The number of hydrogen-bond donors (Lipinski definition) is 0. The Balaban J connectivity index is 2.81. The first-order chi connectivity index (χ1) is 6.76. The molecule has 0 spiro atoms. The van der Waals surface area contributed by atoms with E-state index in [1.165, 1.54) is 9.58 Å². The van der Waals surface area contributed by atoms with E-state index in [0.717, 1.165) is 19.8 Å². The van der Waals surface area contributed by atoms with Gasteiger partial charge in [0.05, 0.1) is 5.56 Å². The maximum atomic E-state index is 9.04. The van der Waals surface area contributed by atoms with Crippen molar-refractivity contribution in [2.24, 2.45) is 0 Å². The van der Waals surface area contributed by atoms with Crippen LogP contribution in [-0.4, -0.2) is 0 Å². The van der Waals surface area contributed by atoms with Gasteiger partial charge in [0.25, 0.3) is 0 Å². The van der Waals surface area contributed by atoms with Gasteiger partial charge in [0.1, 0.15) is 6.07 Å². The van der Waals surface area contributed by atoms with Gasteiger partial charge in [0.2, 0.25) is 0 Å². The maximum absolute atomic E-state index is 9.04. The van der Waals surface area contributed by atoms with E-state index in [1.54, 1.807) is 11.3 Å². The molecule has 0 unspecified atom stereocenters. The Bertz CT molecular complexity index is 527. The minimum absolute atomic E-state index is 0.798. The van der Waals surface area contributed by atoms with E-state index in [4.69, 9.17) is 5.26 Å². The van der Waals surface area contributed by atoms with E-state index < -0.39 is 0 Å². The van der Waals surface area contributed by atoms with Crippen LogP contribution in [0, 0.1) is 14.9 Å². The molecule has 4 heteroatoms. The molecule has 70 valence electrons. The van der Waals surface area contributed by atoms with Gasteiger partial charge in [-0.2, -0.15) is 5.26 Å². The summed E-state index contributed by atoms with van der Waals surface area (Å²) in [6.45, 7) is 0. The lowest BCUT2D eigenvalue weighted by Crippen LogP contribution is -1.80. The molecule has 0 fully saturated rings. The van der Waals surface area contributed by atoms with E-state index in [0.29, 0.717) is 0 Å². The van der Waals surface area contributed by atoms with Crippen LogP contribution in [0.5, 0.6) is 0 Å². The van der Waals surface area contributed by atoms with Crippen molar-refractivity contribution in [3.63, 3.8) is 0 Å². The van der Waals surface area contributed by atoms with Crippen LogP contribution in [0.15, 0.2) is 18.2 Å². The normalized spacial score (nSPS) is 10.4. The SMILES string of the molecule is N#Cc1c(I)ccc2sc(CBr)cc12. The topological polar surface area (TPSA) is 23.8 Å². The summed E-state index contributed by atoms with van der Waals surface area (Å²) >= 11 is 7.36. The zero-order chi connectivity index (χ0) is 10.1. The number of hydrogen-bond acceptors (Lipinski definition) is 2. The number of alkyl halides is 1. The molecule has 0 saturated heterocycles. The van der Waals surface area contributed by atoms with E-state index in [2.05, 4.69) is 56.7 Å². The molecule has 0 aliphatic heterocycles. The lowest BCUT2D eigenvalue weighted by atomic mass is 10.1. The highest BCUT2D eigenvalue weighted by Gasteiger charge is 2.08. The lowest BCUT2D eigenvalue weighted by molar-refractivity contribution is 1.49. The molecule has 0 bridgehead atoms. The average Bonchev–Trinajstić information content (AvgIpc) is 2.60. The summed E-state index contributed by atoms with van der Waals surface area (Å²) in [5, 5.41) is 11.0. The van der Waals surface area contributed by atoms with E-state index in [-0.39, 0.29) is 0 Å². The van der Waals surface area contributed by atoms with Gasteiger partial charge in [-0.3, -0.25) is 0 Å². The number of thiophene rings is 1. The van der Waals surface area contributed by atoms with Crippen LogP contribution < -0.4 is 0 Å². The van der Waals surface area contributed by atoms with Crippen molar-refractivity contribution in [3.8, 4) is 6.07 Å². The fourth-order valence-electron chi connectivity index (χ4n) is 1.32. The molecule has 0 N–H and O–H groups in total. The van der Waals surface area contributed by atoms with E-state index in [1.807, 2.05) is 6.07 Å².